The topological polar surface area (TPSA) is 130 Å². The first-order valence-electron chi connectivity index (χ1n) is 9.35. The molecule has 1 fully saturated rings. The zero-order valence-corrected chi connectivity index (χ0v) is 17.2. The lowest BCUT2D eigenvalue weighted by Gasteiger charge is -2.29. The van der Waals surface area contributed by atoms with Crippen molar-refractivity contribution in [2.24, 2.45) is 0 Å². The van der Waals surface area contributed by atoms with Crippen LogP contribution in [0.5, 0.6) is 0 Å². The Morgan fingerprint density at radius 1 is 1.03 bits per heavy atom. The second-order valence-electron chi connectivity index (χ2n) is 7.01. The first kappa shape index (κ1) is 19.6. The number of morpholine rings is 1. The molecule has 4 rings (SSSR count). The molecule has 0 bridgehead atoms. The van der Waals surface area contributed by atoms with E-state index in [4.69, 9.17) is 28.4 Å². The number of hydrogen-bond donors (Lipinski definition) is 2. The largest absolute Gasteiger partial charge is 0.384 e. The number of benzene rings is 1. The van der Waals surface area contributed by atoms with Gasteiger partial charge in [-0.05, 0) is 19.1 Å². The Hall–Kier alpha value is -3.66. The summed E-state index contributed by atoms with van der Waals surface area (Å²) in [6.07, 6.45) is 0. The van der Waals surface area contributed by atoms with E-state index in [2.05, 4.69) is 17.1 Å². The number of aromatic nitrogens is 2. The van der Waals surface area contributed by atoms with Crippen molar-refractivity contribution in [3.05, 3.63) is 45.6 Å². The van der Waals surface area contributed by atoms with Gasteiger partial charge in [0.25, 0.3) is 0 Å². The van der Waals surface area contributed by atoms with Gasteiger partial charge >= 0.3 is 0 Å². The van der Waals surface area contributed by atoms with Crippen LogP contribution in [-0.4, -0.2) is 35.9 Å². The minimum absolute atomic E-state index is 0.148. The molecular weight excluding hydrogens is 398 g/mol. The van der Waals surface area contributed by atoms with Crippen LogP contribution in [0.25, 0.3) is 16.5 Å². The predicted molar refractivity (Wildman–Crippen MR) is 118 cm³/mol. The van der Waals surface area contributed by atoms with Gasteiger partial charge in [-0.3, -0.25) is 4.57 Å². The fourth-order valence-corrected chi connectivity index (χ4v) is 4.06. The van der Waals surface area contributed by atoms with Crippen LogP contribution in [0.4, 0.5) is 17.5 Å². The Bertz CT molecular complexity index is 1290. The molecule has 0 radical (unpaired) electrons. The number of nitrogen functional groups attached to an aromatic ring is 2. The van der Waals surface area contributed by atoms with Gasteiger partial charge in [-0.2, -0.15) is 10.5 Å². The Morgan fingerprint density at radius 2 is 1.67 bits per heavy atom. The second-order valence-corrected chi connectivity index (χ2v) is 7.39. The smallest absolute Gasteiger partial charge is 0.149 e. The van der Waals surface area contributed by atoms with Crippen LogP contribution in [-0.2, 0) is 4.74 Å². The van der Waals surface area contributed by atoms with Gasteiger partial charge in [0.05, 0.1) is 24.2 Å². The number of hydrogen-bond acceptors (Lipinski definition) is 8. The summed E-state index contributed by atoms with van der Waals surface area (Å²) < 4.78 is 7.22. The molecule has 0 atom stereocenters. The summed E-state index contributed by atoms with van der Waals surface area (Å²) in [7, 11) is 0. The molecule has 0 aliphatic carbocycles. The van der Waals surface area contributed by atoms with Crippen LogP contribution < -0.4 is 16.4 Å². The summed E-state index contributed by atoms with van der Waals surface area (Å²) in [5.41, 5.74) is 15.0. The van der Waals surface area contributed by atoms with Crippen LogP contribution in [0.1, 0.15) is 16.7 Å². The fraction of sp³-hybridized carbons (Fsp3) is 0.238. The Kier molecular flexibility index (Phi) is 5.00. The van der Waals surface area contributed by atoms with Crippen molar-refractivity contribution in [3.63, 3.8) is 0 Å². The van der Waals surface area contributed by atoms with Crippen molar-refractivity contribution < 1.29 is 4.74 Å². The summed E-state index contributed by atoms with van der Waals surface area (Å²) in [6.45, 7) is 4.15. The highest BCUT2D eigenvalue weighted by molar-refractivity contribution is 7.71. The van der Waals surface area contributed by atoms with Gasteiger partial charge in [-0.15, -0.1) is 0 Å². The molecule has 1 aromatic carbocycles. The average Bonchev–Trinajstić information content (AvgIpc) is 2.75. The number of nitrogens with zero attached hydrogens (tertiary/aromatic N) is 5. The molecule has 1 aliphatic rings. The van der Waals surface area contributed by atoms with Gasteiger partial charge in [0.1, 0.15) is 39.8 Å². The van der Waals surface area contributed by atoms with Crippen molar-refractivity contribution in [2.45, 2.75) is 6.92 Å². The number of fused-ring (bicyclic) bond motifs is 1. The van der Waals surface area contributed by atoms with E-state index < -0.39 is 0 Å². The second kappa shape index (κ2) is 7.64. The molecule has 1 saturated heterocycles. The molecule has 0 unspecified atom stereocenters. The van der Waals surface area contributed by atoms with Gasteiger partial charge < -0.3 is 21.1 Å². The molecule has 4 N–H and O–H groups in total. The Balaban J connectivity index is 2.11. The van der Waals surface area contributed by atoms with Gasteiger partial charge in [-0.25, -0.2) is 4.98 Å². The summed E-state index contributed by atoms with van der Waals surface area (Å²) in [5, 5.41) is 20.6. The quantitative estimate of drug-likeness (QED) is 0.609. The first-order chi connectivity index (χ1) is 14.5. The molecule has 150 valence electrons. The van der Waals surface area contributed by atoms with Crippen LogP contribution in [0.2, 0.25) is 0 Å². The lowest BCUT2D eigenvalue weighted by Crippen LogP contribution is -2.37. The molecule has 2 aromatic heterocycles. The predicted octanol–water partition coefficient (Wildman–Crippen LogP) is 2.81. The van der Waals surface area contributed by atoms with Crippen LogP contribution >= 0.6 is 12.2 Å². The number of anilines is 3. The van der Waals surface area contributed by atoms with E-state index >= 15 is 0 Å². The third kappa shape index (κ3) is 3.01. The molecule has 0 saturated carbocycles. The van der Waals surface area contributed by atoms with E-state index in [0.717, 1.165) is 5.56 Å². The molecule has 1 aliphatic heterocycles. The van der Waals surface area contributed by atoms with Gasteiger partial charge in [-0.1, -0.05) is 29.9 Å². The van der Waals surface area contributed by atoms with Gasteiger partial charge in [0, 0.05) is 24.2 Å². The monoisotopic (exact) mass is 417 g/mol. The first-order valence-corrected chi connectivity index (χ1v) is 9.76. The zero-order chi connectivity index (χ0) is 21.4. The number of rotatable bonds is 2. The van der Waals surface area contributed by atoms with Gasteiger partial charge in [0.15, 0.2) is 0 Å². The number of nitrogens with two attached hydrogens (primary N) is 2. The van der Waals surface area contributed by atoms with Crippen molar-refractivity contribution in [3.8, 4) is 17.8 Å². The lowest BCUT2D eigenvalue weighted by atomic mass is 10.0. The standard InChI is InChI=1S/C21H19N7OS/c1-12-2-4-13(5-3-12)28-19(25)17-16(15(11-23)21(28)30)14(10-22)20(26-18(17)24)27-6-8-29-9-7-27/h2-5H,6-9,25H2,1H3,(H2,24,26). The van der Waals surface area contributed by atoms with E-state index in [1.54, 1.807) is 4.57 Å². The normalized spacial score (nSPS) is 13.8. The summed E-state index contributed by atoms with van der Waals surface area (Å²) in [5.74, 6) is 0.812. The van der Waals surface area contributed by atoms with E-state index in [1.165, 1.54) is 0 Å². The van der Waals surface area contributed by atoms with Gasteiger partial charge in [0.2, 0.25) is 0 Å². The molecule has 3 heterocycles. The third-order valence-corrected chi connectivity index (χ3v) is 5.58. The lowest BCUT2D eigenvalue weighted by molar-refractivity contribution is 0.122. The number of ether oxygens (including phenoxy) is 1. The fourth-order valence-electron chi connectivity index (χ4n) is 3.70. The molecule has 0 spiro atoms. The molecule has 9 heteroatoms. The zero-order valence-electron chi connectivity index (χ0n) is 16.3. The van der Waals surface area contributed by atoms with Crippen LogP contribution in [0, 0.1) is 34.2 Å². The molecule has 8 nitrogen and oxygen atoms in total. The molecule has 0 amide bonds. The van der Waals surface area contributed by atoms with Crippen molar-refractivity contribution in [2.75, 3.05) is 42.7 Å². The molecular formula is C21H19N7OS. The maximum atomic E-state index is 9.98. The highest BCUT2D eigenvalue weighted by atomic mass is 32.1. The van der Waals surface area contributed by atoms with Crippen LogP contribution in [0.3, 0.4) is 0 Å². The van der Waals surface area contributed by atoms with Crippen molar-refractivity contribution in [1.29, 1.82) is 10.5 Å². The van der Waals surface area contributed by atoms with Crippen molar-refractivity contribution >= 4 is 40.4 Å². The highest BCUT2D eigenvalue weighted by Crippen LogP contribution is 2.38. The number of nitriles is 2. The molecule has 3 aromatic rings. The summed E-state index contributed by atoms with van der Waals surface area (Å²) in [4.78, 5) is 6.43. The van der Waals surface area contributed by atoms with E-state index in [0.29, 0.717) is 48.6 Å². The molecule has 30 heavy (non-hydrogen) atoms. The van der Waals surface area contributed by atoms with Crippen LogP contribution in [0.15, 0.2) is 24.3 Å². The SMILES string of the molecule is Cc1ccc(-n2c(N)c3c(N)nc(N4CCOCC4)c(C#N)c3c(C#N)c2=S)cc1. The highest BCUT2D eigenvalue weighted by Gasteiger charge is 2.25. The Morgan fingerprint density at radius 3 is 2.27 bits per heavy atom. The van der Waals surface area contributed by atoms with E-state index in [-0.39, 0.29) is 27.4 Å². The third-order valence-electron chi connectivity index (χ3n) is 5.20. The van der Waals surface area contributed by atoms with Crippen molar-refractivity contribution in [1.82, 2.24) is 9.55 Å². The average molecular weight is 417 g/mol. The summed E-state index contributed by atoms with van der Waals surface area (Å²) >= 11 is 5.63. The summed E-state index contributed by atoms with van der Waals surface area (Å²) in [6, 6.07) is 11.9. The van der Waals surface area contributed by atoms with E-state index in [9.17, 15) is 10.5 Å². The minimum Gasteiger partial charge on any atom is -0.384 e. The number of aryl methyl sites for hydroxylation is 1. The number of pyridine rings is 2. The van der Waals surface area contributed by atoms with E-state index in [1.807, 2.05) is 36.1 Å². The maximum absolute atomic E-state index is 9.98. The Labute approximate surface area is 178 Å². The minimum atomic E-state index is 0.148. The maximum Gasteiger partial charge on any atom is 0.149 e.